The molecule has 11 heteroatoms. The fraction of sp³-hybridized carbons (Fsp3) is 0.278. The van der Waals surface area contributed by atoms with Crippen molar-refractivity contribution in [1.82, 2.24) is 0 Å². The van der Waals surface area contributed by atoms with Crippen molar-refractivity contribution >= 4 is 44.6 Å². The Morgan fingerprint density at radius 1 is 1.24 bits per heavy atom. The highest BCUT2D eigenvalue weighted by Gasteiger charge is 2.18. The molecule has 2 aromatic carbocycles. The number of carbonyl (C=O) groups excluding carboxylic acids is 1. The second-order valence-corrected chi connectivity index (χ2v) is 8.45. The van der Waals surface area contributed by atoms with Gasteiger partial charge in [-0.25, -0.2) is 8.42 Å². The first-order chi connectivity index (χ1) is 13.6. The number of benzene rings is 2. The van der Waals surface area contributed by atoms with Crippen LogP contribution in [-0.2, 0) is 14.8 Å². The van der Waals surface area contributed by atoms with Crippen LogP contribution in [0.1, 0.15) is 12.8 Å². The number of amides is 1. The first-order valence-corrected chi connectivity index (χ1v) is 10.7. The lowest BCUT2D eigenvalue weighted by Crippen LogP contribution is -2.31. The number of rotatable bonds is 9. The number of methoxy groups -OCH3 is 1. The summed E-state index contributed by atoms with van der Waals surface area (Å²) in [6, 6.07) is 10.2. The molecule has 1 amide bonds. The molecular weight excluding hydrogens is 422 g/mol. The van der Waals surface area contributed by atoms with E-state index in [2.05, 4.69) is 5.32 Å². The van der Waals surface area contributed by atoms with Crippen molar-refractivity contribution in [3.8, 4) is 5.75 Å². The van der Waals surface area contributed by atoms with Crippen LogP contribution in [0, 0.1) is 10.1 Å². The number of ether oxygens (including phenoxy) is 1. The van der Waals surface area contributed by atoms with E-state index in [0.29, 0.717) is 10.7 Å². The first-order valence-electron chi connectivity index (χ1n) is 8.47. The number of hydrogen-bond acceptors (Lipinski definition) is 6. The summed E-state index contributed by atoms with van der Waals surface area (Å²) >= 11 is 5.84. The Hall–Kier alpha value is -2.85. The van der Waals surface area contributed by atoms with E-state index in [4.69, 9.17) is 16.3 Å². The van der Waals surface area contributed by atoms with Gasteiger partial charge < -0.3 is 10.1 Å². The Kier molecular flexibility index (Phi) is 7.40. The third-order valence-corrected chi connectivity index (χ3v) is 5.39. The molecule has 2 aromatic rings. The maximum absolute atomic E-state index is 12.3. The molecule has 0 saturated carbocycles. The lowest BCUT2D eigenvalue weighted by molar-refractivity contribution is -0.384. The van der Waals surface area contributed by atoms with Crippen LogP contribution in [0.4, 0.5) is 17.1 Å². The van der Waals surface area contributed by atoms with Crippen molar-refractivity contribution in [3.63, 3.8) is 0 Å². The molecule has 0 aliphatic heterocycles. The number of nitrogens with zero attached hydrogens (tertiary/aromatic N) is 2. The number of carbonyl (C=O) groups is 1. The van der Waals surface area contributed by atoms with E-state index in [1.165, 1.54) is 29.6 Å². The maximum Gasteiger partial charge on any atom is 0.271 e. The van der Waals surface area contributed by atoms with Crippen molar-refractivity contribution in [1.29, 1.82) is 0 Å². The van der Waals surface area contributed by atoms with E-state index in [-0.39, 0.29) is 36.5 Å². The van der Waals surface area contributed by atoms with Gasteiger partial charge in [-0.2, -0.15) is 0 Å². The van der Waals surface area contributed by atoms with Gasteiger partial charge in [0.2, 0.25) is 15.9 Å². The van der Waals surface area contributed by atoms with Crippen LogP contribution in [0.15, 0.2) is 42.5 Å². The molecule has 1 N–H and O–H groups in total. The average molecular weight is 442 g/mol. The van der Waals surface area contributed by atoms with E-state index in [1.807, 2.05) is 0 Å². The summed E-state index contributed by atoms with van der Waals surface area (Å²) in [7, 11) is -2.17. The molecule has 156 valence electrons. The van der Waals surface area contributed by atoms with E-state index in [1.54, 1.807) is 24.3 Å². The van der Waals surface area contributed by atoms with Gasteiger partial charge in [0.15, 0.2) is 0 Å². The Morgan fingerprint density at radius 3 is 2.45 bits per heavy atom. The number of nitro benzene ring substituents is 1. The Balaban J connectivity index is 2.03. The zero-order valence-corrected chi connectivity index (χ0v) is 17.4. The number of sulfonamides is 1. The number of halogens is 1. The van der Waals surface area contributed by atoms with Gasteiger partial charge in [-0.3, -0.25) is 19.2 Å². The monoisotopic (exact) mass is 441 g/mol. The highest BCUT2D eigenvalue weighted by Crippen LogP contribution is 2.29. The first kappa shape index (κ1) is 22.4. The van der Waals surface area contributed by atoms with Gasteiger partial charge in [0.1, 0.15) is 5.75 Å². The Bertz CT molecular complexity index is 995. The van der Waals surface area contributed by atoms with Gasteiger partial charge in [-0.05, 0) is 36.8 Å². The molecule has 0 bridgehead atoms. The molecule has 0 aromatic heterocycles. The number of nitrogens with one attached hydrogen (secondary N) is 1. The van der Waals surface area contributed by atoms with Gasteiger partial charge >= 0.3 is 0 Å². The van der Waals surface area contributed by atoms with E-state index >= 15 is 0 Å². The standard InChI is InChI=1S/C18H20ClN3O6S/c1-28-17-10-9-15(22(24)25)12-16(17)20-18(23)4-3-11-21(29(2,26)27)14-7-5-13(19)6-8-14/h5-10,12H,3-4,11H2,1-2H3,(H,20,23). The third-order valence-electron chi connectivity index (χ3n) is 3.95. The molecule has 29 heavy (non-hydrogen) atoms. The minimum atomic E-state index is -3.55. The van der Waals surface area contributed by atoms with Crippen LogP contribution in [0.2, 0.25) is 5.02 Å². The van der Waals surface area contributed by atoms with Crippen molar-refractivity contribution < 1.29 is 22.9 Å². The summed E-state index contributed by atoms with van der Waals surface area (Å²) in [6.45, 7) is 0.0833. The van der Waals surface area contributed by atoms with Gasteiger partial charge in [-0.15, -0.1) is 0 Å². The molecule has 0 fully saturated rings. The Labute approximate surface area is 173 Å². The van der Waals surface area contributed by atoms with Gasteiger partial charge in [0.05, 0.1) is 29.7 Å². The minimum Gasteiger partial charge on any atom is -0.495 e. The average Bonchev–Trinajstić information content (AvgIpc) is 2.65. The zero-order valence-electron chi connectivity index (χ0n) is 15.8. The molecule has 0 radical (unpaired) electrons. The second-order valence-electron chi connectivity index (χ2n) is 6.10. The number of nitro groups is 1. The molecule has 0 spiro atoms. The number of hydrogen-bond donors (Lipinski definition) is 1. The predicted octanol–water partition coefficient (Wildman–Crippen LogP) is 3.44. The number of non-ortho nitro benzene ring substituents is 1. The smallest absolute Gasteiger partial charge is 0.271 e. The largest absolute Gasteiger partial charge is 0.495 e. The number of anilines is 2. The summed E-state index contributed by atoms with van der Waals surface area (Å²) < 4.78 is 30.4. The summed E-state index contributed by atoms with van der Waals surface area (Å²) in [6.07, 6.45) is 1.32. The highest BCUT2D eigenvalue weighted by molar-refractivity contribution is 7.92. The summed E-state index contributed by atoms with van der Waals surface area (Å²) in [5.74, 6) is -0.142. The predicted molar refractivity (Wildman–Crippen MR) is 111 cm³/mol. The van der Waals surface area contributed by atoms with Crippen molar-refractivity contribution in [2.24, 2.45) is 0 Å². The summed E-state index contributed by atoms with van der Waals surface area (Å²) in [5, 5.41) is 14.0. The molecular formula is C18H20ClN3O6S. The second kappa shape index (κ2) is 9.57. The zero-order chi connectivity index (χ0) is 21.6. The van der Waals surface area contributed by atoms with Crippen molar-refractivity contribution in [2.75, 3.05) is 29.5 Å². The SMILES string of the molecule is COc1ccc([N+](=O)[O-])cc1NC(=O)CCCN(c1ccc(Cl)cc1)S(C)(=O)=O. The molecule has 9 nitrogen and oxygen atoms in total. The Morgan fingerprint density at radius 2 is 1.90 bits per heavy atom. The highest BCUT2D eigenvalue weighted by atomic mass is 35.5. The van der Waals surface area contributed by atoms with Crippen LogP contribution >= 0.6 is 11.6 Å². The van der Waals surface area contributed by atoms with Crippen LogP contribution < -0.4 is 14.4 Å². The molecule has 0 heterocycles. The third kappa shape index (κ3) is 6.33. The van der Waals surface area contributed by atoms with Crippen molar-refractivity contribution in [2.45, 2.75) is 12.8 Å². The molecule has 0 saturated heterocycles. The summed E-state index contributed by atoms with van der Waals surface area (Å²) in [4.78, 5) is 22.6. The van der Waals surface area contributed by atoms with Crippen LogP contribution in [-0.4, -0.2) is 39.2 Å². The van der Waals surface area contributed by atoms with Gasteiger partial charge in [0.25, 0.3) is 5.69 Å². The van der Waals surface area contributed by atoms with Crippen LogP contribution in [0.3, 0.4) is 0 Å². The summed E-state index contributed by atoms with van der Waals surface area (Å²) in [5.41, 5.74) is 0.425. The maximum atomic E-state index is 12.3. The lowest BCUT2D eigenvalue weighted by atomic mass is 10.2. The quantitative estimate of drug-likeness (QED) is 0.470. The minimum absolute atomic E-state index is 0.00541. The van der Waals surface area contributed by atoms with Crippen LogP contribution in [0.25, 0.3) is 0 Å². The fourth-order valence-corrected chi connectivity index (χ4v) is 3.69. The van der Waals surface area contributed by atoms with E-state index < -0.39 is 20.9 Å². The van der Waals surface area contributed by atoms with E-state index in [9.17, 15) is 23.3 Å². The fourth-order valence-electron chi connectivity index (χ4n) is 2.60. The molecule has 0 aliphatic rings. The van der Waals surface area contributed by atoms with Gasteiger partial charge in [-0.1, -0.05) is 11.6 Å². The van der Waals surface area contributed by atoms with Gasteiger partial charge in [0, 0.05) is 30.1 Å². The molecule has 0 atom stereocenters. The normalized spacial score (nSPS) is 11.0. The molecule has 0 aliphatic carbocycles. The lowest BCUT2D eigenvalue weighted by Gasteiger charge is -2.22. The molecule has 0 unspecified atom stereocenters. The topological polar surface area (TPSA) is 119 Å². The van der Waals surface area contributed by atoms with Crippen LogP contribution in [0.5, 0.6) is 5.75 Å². The van der Waals surface area contributed by atoms with Crippen molar-refractivity contribution in [3.05, 3.63) is 57.6 Å². The van der Waals surface area contributed by atoms with E-state index in [0.717, 1.165) is 6.26 Å². The molecule has 2 rings (SSSR count).